The highest BCUT2D eigenvalue weighted by Gasteiger charge is 2.23. The van der Waals surface area contributed by atoms with Gasteiger partial charge in [0.25, 0.3) is 0 Å². The Hall–Kier alpha value is -2.87. The Morgan fingerprint density at radius 3 is 1.86 bits per heavy atom. The quantitative estimate of drug-likeness (QED) is 0.871. The summed E-state index contributed by atoms with van der Waals surface area (Å²) in [5, 5.41) is 11.8. The van der Waals surface area contributed by atoms with E-state index in [0.717, 1.165) is 56.6 Å². The Balaban J connectivity index is 1.29. The van der Waals surface area contributed by atoms with Crippen molar-refractivity contribution in [1.29, 1.82) is 0 Å². The van der Waals surface area contributed by atoms with Crippen molar-refractivity contribution >= 4 is 23.4 Å². The molecule has 0 bridgehead atoms. The molecule has 1 N–H and O–H groups in total. The maximum Gasteiger partial charge on any atom is 0.321 e. The maximum absolute atomic E-state index is 12.4. The molecule has 1 aromatic heterocycles. The first-order valence-electron chi connectivity index (χ1n) is 9.82. The largest absolute Gasteiger partial charge is 0.353 e. The zero-order valence-electron chi connectivity index (χ0n) is 16.3. The van der Waals surface area contributed by atoms with Crippen LogP contribution < -0.4 is 15.1 Å². The van der Waals surface area contributed by atoms with Crippen LogP contribution in [-0.2, 0) is 0 Å². The monoisotopic (exact) mass is 381 g/mol. The molecule has 148 valence electrons. The normalized spacial score (nSPS) is 18.2. The second-order valence-corrected chi connectivity index (χ2v) is 7.31. The summed E-state index contributed by atoms with van der Waals surface area (Å²) in [4.78, 5) is 21.0. The minimum absolute atomic E-state index is 0.0534. The summed E-state index contributed by atoms with van der Waals surface area (Å²) in [5.41, 5.74) is 0.820. The molecule has 2 aromatic rings. The van der Waals surface area contributed by atoms with Crippen molar-refractivity contribution in [1.82, 2.24) is 20.0 Å². The van der Waals surface area contributed by atoms with Gasteiger partial charge in [-0.15, -0.1) is 10.2 Å². The SMILES string of the molecule is CN1CCN(c2ccc(N3CCN(C(=O)Nc4ccccc4)CC3)nn2)CC1. The summed E-state index contributed by atoms with van der Waals surface area (Å²) >= 11 is 0. The number of nitrogens with zero attached hydrogens (tertiary/aromatic N) is 6. The van der Waals surface area contributed by atoms with Gasteiger partial charge in [0.05, 0.1) is 0 Å². The lowest BCUT2D eigenvalue weighted by Gasteiger charge is -2.35. The van der Waals surface area contributed by atoms with Crippen molar-refractivity contribution < 1.29 is 4.79 Å². The molecule has 0 radical (unpaired) electrons. The average molecular weight is 381 g/mol. The number of carbonyl (C=O) groups is 1. The Morgan fingerprint density at radius 1 is 0.786 bits per heavy atom. The first kappa shape index (κ1) is 18.5. The highest BCUT2D eigenvalue weighted by molar-refractivity contribution is 5.89. The van der Waals surface area contributed by atoms with Crippen molar-refractivity contribution in [2.45, 2.75) is 0 Å². The van der Waals surface area contributed by atoms with Crippen molar-refractivity contribution in [3.63, 3.8) is 0 Å². The maximum atomic E-state index is 12.4. The molecule has 2 fully saturated rings. The van der Waals surface area contributed by atoms with Crippen LogP contribution in [0, 0.1) is 0 Å². The van der Waals surface area contributed by atoms with Gasteiger partial charge in [-0.25, -0.2) is 4.79 Å². The summed E-state index contributed by atoms with van der Waals surface area (Å²) in [6.45, 7) is 6.92. The fourth-order valence-corrected chi connectivity index (χ4v) is 3.55. The fourth-order valence-electron chi connectivity index (χ4n) is 3.55. The van der Waals surface area contributed by atoms with Crippen LogP contribution in [-0.4, -0.2) is 85.4 Å². The molecule has 0 aliphatic carbocycles. The predicted octanol–water partition coefficient (Wildman–Crippen LogP) is 1.58. The van der Waals surface area contributed by atoms with Crippen LogP contribution in [0.5, 0.6) is 0 Å². The van der Waals surface area contributed by atoms with Crippen LogP contribution in [0.25, 0.3) is 0 Å². The number of benzene rings is 1. The average Bonchev–Trinajstić information content (AvgIpc) is 2.75. The topological polar surface area (TPSA) is 67.8 Å². The van der Waals surface area contributed by atoms with Gasteiger partial charge in [-0.3, -0.25) is 0 Å². The van der Waals surface area contributed by atoms with Crippen LogP contribution in [0.1, 0.15) is 0 Å². The number of rotatable bonds is 3. The summed E-state index contributed by atoms with van der Waals surface area (Å²) in [6, 6.07) is 13.6. The van der Waals surface area contributed by atoms with E-state index >= 15 is 0 Å². The number of hydrogen-bond donors (Lipinski definition) is 1. The third-order valence-electron chi connectivity index (χ3n) is 5.38. The van der Waals surface area contributed by atoms with Crippen molar-refractivity contribution in [3.8, 4) is 0 Å². The number of likely N-dealkylation sites (N-methyl/N-ethyl adjacent to an activating group) is 1. The summed E-state index contributed by atoms with van der Waals surface area (Å²) in [6.07, 6.45) is 0. The molecule has 2 saturated heterocycles. The van der Waals surface area contributed by atoms with E-state index in [1.807, 2.05) is 41.3 Å². The van der Waals surface area contributed by atoms with Gasteiger partial charge in [0.2, 0.25) is 0 Å². The van der Waals surface area contributed by atoms with Crippen molar-refractivity contribution in [2.75, 3.05) is 74.5 Å². The molecule has 8 heteroatoms. The van der Waals surface area contributed by atoms with E-state index in [1.165, 1.54) is 0 Å². The number of anilines is 3. The van der Waals surface area contributed by atoms with E-state index in [2.05, 4.69) is 43.3 Å². The van der Waals surface area contributed by atoms with E-state index < -0.39 is 0 Å². The van der Waals surface area contributed by atoms with Crippen molar-refractivity contribution in [2.24, 2.45) is 0 Å². The number of piperazine rings is 2. The molecular formula is C20H27N7O. The Bertz CT molecular complexity index is 767. The molecule has 2 aliphatic heterocycles. The molecule has 2 amide bonds. The summed E-state index contributed by atoms with van der Waals surface area (Å²) in [7, 11) is 2.14. The number of carbonyl (C=O) groups excluding carboxylic acids is 1. The fraction of sp³-hybridized carbons (Fsp3) is 0.450. The van der Waals surface area contributed by atoms with Crippen LogP contribution in [0.3, 0.4) is 0 Å². The second-order valence-electron chi connectivity index (χ2n) is 7.31. The highest BCUT2D eigenvalue weighted by Crippen LogP contribution is 2.18. The van der Waals surface area contributed by atoms with Gasteiger partial charge in [-0.05, 0) is 31.3 Å². The van der Waals surface area contributed by atoms with Gasteiger partial charge in [0.1, 0.15) is 0 Å². The summed E-state index contributed by atoms with van der Waals surface area (Å²) < 4.78 is 0. The number of aromatic nitrogens is 2. The van der Waals surface area contributed by atoms with Gasteiger partial charge in [-0.1, -0.05) is 18.2 Å². The molecule has 1 aromatic carbocycles. The lowest BCUT2D eigenvalue weighted by molar-refractivity contribution is 0.208. The standard InChI is InChI=1S/C20H27N7O/c1-24-9-11-25(12-10-24)18-7-8-19(23-22-18)26-13-15-27(16-14-26)20(28)21-17-5-3-2-4-6-17/h2-8H,9-16H2,1H3,(H,21,28). The molecule has 2 aliphatic rings. The van der Waals surface area contributed by atoms with Crippen LogP contribution in [0.15, 0.2) is 42.5 Å². The minimum Gasteiger partial charge on any atom is -0.353 e. The van der Waals surface area contributed by atoms with Crippen LogP contribution in [0.4, 0.5) is 22.1 Å². The van der Waals surface area contributed by atoms with Gasteiger partial charge in [-0.2, -0.15) is 0 Å². The number of nitrogens with one attached hydrogen (secondary N) is 1. The third-order valence-corrected chi connectivity index (χ3v) is 5.38. The van der Waals surface area contributed by atoms with Gasteiger partial charge in [0, 0.05) is 58.0 Å². The third kappa shape index (κ3) is 4.33. The molecular weight excluding hydrogens is 354 g/mol. The zero-order chi connectivity index (χ0) is 19.3. The lowest BCUT2D eigenvalue weighted by atomic mass is 10.3. The number of para-hydroxylation sites is 1. The van der Waals surface area contributed by atoms with Gasteiger partial charge < -0.3 is 24.9 Å². The second kappa shape index (κ2) is 8.43. The van der Waals surface area contributed by atoms with E-state index in [-0.39, 0.29) is 6.03 Å². The van der Waals surface area contributed by atoms with E-state index in [0.29, 0.717) is 13.1 Å². The number of hydrogen-bond acceptors (Lipinski definition) is 6. The van der Waals surface area contributed by atoms with Crippen LogP contribution in [0.2, 0.25) is 0 Å². The molecule has 0 unspecified atom stereocenters. The zero-order valence-corrected chi connectivity index (χ0v) is 16.3. The Morgan fingerprint density at radius 2 is 1.32 bits per heavy atom. The van der Waals surface area contributed by atoms with E-state index in [9.17, 15) is 4.79 Å². The molecule has 0 atom stereocenters. The highest BCUT2D eigenvalue weighted by atomic mass is 16.2. The first-order valence-corrected chi connectivity index (χ1v) is 9.82. The molecule has 4 rings (SSSR count). The Kier molecular flexibility index (Phi) is 5.57. The first-order chi connectivity index (χ1) is 13.7. The number of urea groups is 1. The Labute approximate surface area is 165 Å². The molecule has 0 saturated carbocycles. The molecule has 0 spiro atoms. The van der Waals surface area contributed by atoms with Crippen LogP contribution >= 0.6 is 0 Å². The van der Waals surface area contributed by atoms with Crippen molar-refractivity contribution in [3.05, 3.63) is 42.5 Å². The van der Waals surface area contributed by atoms with E-state index in [4.69, 9.17) is 0 Å². The van der Waals surface area contributed by atoms with E-state index in [1.54, 1.807) is 0 Å². The molecule has 8 nitrogen and oxygen atoms in total. The molecule has 3 heterocycles. The summed E-state index contributed by atoms with van der Waals surface area (Å²) in [5.74, 6) is 1.82. The smallest absolute Gasteiger partial charge is 0.321 e. The lowest BCUT2D eigenvalue weighted by Crippen LogP contribution is -2.50. The van der Waals surface area contributed by atoms with Gasteiger partial charge in [0.15, 0.2) is 11.6 Å². The number of amides is 2. The molecule has 28 heavy (non-hydrogen) atoms. The van der Waals surface area contributed by atoms with Gasteiger partial charge >= 0.3 is 6.03 Å². The minimum atomic E-state index is -0.0534. The predicted molar refractivity (Wildman–Crippen MR) is 111 cm³/mol.